The molecule has 2 heterocycles. The molecule has 1 saturated heterocycles. The van der Waals surface area contributed by atoms with Gasteiger partial charge in [-0.25, -0.2) is 4.98 Å². The molecule has 1 N–H and O–H groups in total. The zero-order chi connectivity index (χ0) is 16.2. The highest BCUT2D eigenvalue weighted by Gasteiger charge is 2.24. The van der Waals surface area contributed by atoms with Crippen molar-refractivity contribution < 1.29 is 14.3 Å². The molecule has 0 bridgehead atoms. The van der Waals surface area contributed by atoms with Crippen LogP contribution in [-0.2, 0) is 11.2 Å². The second-order valence-electron chi connectivity index (χ2n) is 4.88. The highest BCUT2D eigenvalue weighted by atomic mass is 32.2. The molecule has 1 fully saturated rings. The van der Waals surface area contributed by atoms with Crippen molar-refractivity contribution in [2.45, 2.75) is 13.3 Å². The van der Waals surface area contributed by atoms with Gasteiger partial charge in [-0.3, -0.25) is 14.9 Å². The first kappa shape index (κ1) is 15.8. The van der Waals surface area contributed by atoms with Gasteiger partial charge in [0.05, 0.1) is 22.7 Å². The number of carbonyl (C=O) groups is 2. The Balaban J connectivity index is 1.57. The molecule has 7 heteroatoms. The van der Waals surface area contributed by atoms with E-state index in [9.17, 15) is 9.59 Å². The topological polar surface area (TPSA) is 68.3 Å². The molecule has 1 aromatic heterocycles. The number of nitrogens with one attached hydrogen (secondary N) is 1. The lowest BCUT2D eigenvalue weighted by atomic mass is 10.2. The Morgan fingerprint density at radius 3 is 2.65 bits per heavy atom. The van der Waals surface area contributed by atoms with Crippen molar-refractivity contribution in [3.05, 3.63) is 50.8 Å². The maximum atomic E-state index is 11.5. The summed E-state index contributed by atoms with van der Waals surface area (Å²) in [6, 6.07) is 7.42. The molecule has 23 heavy (non-hydrogen) atoms. The standard InChI is InChI=1S/C16H14N2O3S2/c1-10-13(22-9-17-10)6-7-21-12-4-2-11(3-5-12)8-14-15(19)18-16(20)23-14/h2-5,8-9H,6-7H2,1H3,(H,18,19,20). The lowest BCUT2D eigenvalue weighted by Gasteiger charge is -2.06. The van der Waals surface area contributed by atoms with Gasteiger partial charge in [0, 0.05) is 11.3 Å². The molecule has 1 aliphatic rings. The van der Waals surface area contributed by atoms with E-state index >= 15 is 0 Å². The summed E-state index contributed by atoms with van der Waals surface area (Å²) in [6.07, 6.45) is 2.52. The third-order valence-electron chi connectivity index (χ3n) is 3.26. The highest BCUT2D eigenvalue weighted by molar-refractivity contribution is 8.18. The number of nitrogens with zero attached hydrogens (tertiary/aromatic N) is 1. The summed E-state index contributed by atoms with van der Waals surface area (Å²) in [6.45, 7) is 2.59. The quantitative estimate of drug-likeness (QED) is 0.841. The van der Waals surface area contributed by atoms with Crippen LogP contribution in [0.1, 0.15) is 16.1 Å². The Labute approximate surface area is 141 Å². The minimum absolute atomic E-state index is 0.334. The molecule has 1 aliphatic heterocycles. The van der Waals surface area contributed by atoms with Crippen LogP contribution in [0.4, 0.5) is 4.79 Å². The number of amides is 2. The average molecular weight is 346 g/mol. The molecule has 0 spiro atoms. The largest absolute Gasteiger partial charge is 0.493 e. The van der Waals surface area contributed by atoms with Crippen LogP contribution >= 0.6 is 23.1 Å². The Bertz CT molecular complexity index is 766. The molecular weight excluding hydrogens is 332 g/mol. The number of hydrogen-bond acceptors (Lipinski definition) is 6. The van der Waals surface area contributed by atoms with Crippen molar-refractivity contribution >= 4 is 40.3 Å². The molecule has 2 aromatic rings. The Kier molecular flexibility index (Phi) is 4.78. The Morgan fingerprint density at radius 2 is 2.04 bits per heavy atom. The van der Waals surface area contributed by atoms with Gasteiger partial charge in [0.25, 0.3) is 11.1 Å². The van der Waals surface area contributed by atoms with Gasteiger partial charge in [-0.05, 0) is 42.5 Å². The highest BCUT2D eigenvalue weighted by Crippen LogP contribution is 2.26. The van der Waals surface area contributed by atoms with E-state index in [4.69, 9.17) is 4.74 Å². The predicted molar refractivity (Wildman–Crippen MR) is 91.6 cm³/mol. The number of ether oxygens (including phenoxy) is 1. The number of aryl methyl sites for hydroxylation is 1. The molecule has 118 valence electrons. The summed E-state index contributed by atoms with van der Waals surface area (Å²) in [4.78, 5) is 28.5. The zero-order valence-corrected chi connectivity index (χ0v) is 14.0. The smallest absolute Gasteiger partial charge is 0.290 e. The van der Waals surface area contributed by atoms with Gasteiger partial charge in [0.15, 0.2) is 0 Å². The van der Waals surface area contributed by atoms with Gasteiger partial charge in [-0.1, -0.05) is 12.1 Å². The number of benzene rings is 1. The summed E-state index contributed by atoms with van der Waals surface area (Å²) < 4.78 is 5.72. The van der Waals surface area contributed by atoms with E-state index in [1.165, 1.54) is 4.88 Å². The van der Waals surface area contributed by atoms with Gasteiger partial charge in [0.2, 0.25) is 0 Å². The van der Waals surface area contributed by atoms with Crippen molar-refractivity contribution in [1.29, 1.82) is 0 Å². The molecule has 3 rings (SSSR count). The molecule has 2 amide bonds. The molecular formula is C16H14N2O3S2. The van der Waals surface area contributed by atoms with Crippen molar-refractivity contribution in [2.24, 2.45) is 0 Å². The summed E-state index contributed by atoms with van der Waals surface area (Å²) in [7, 11) is 0. The zero-order valence-electron chi connectivity index (χ0n) is 12.4. The van der Waals surface area contributed by atoms with Crippen LogP contribution in [0.25, 0.3) is 6.08 Å². The van der Waals surface area contributed by atoms with E-state index in [1.54, 1.807) is 17.4 Å². The third kappa shape index (κ3) is 4.00. The summed E-state index contributed by atoms with van der Waals surface area (Å²) >= 11 is 2.55. The van der Waals surface area contributed by atoms with Crippen molar-refractivity contribution in [3.63, 3.8) is 0 Å². The van der Waals surface area contributed by atoms with Gasteiger partial charge < -0.3 is 4.74 Å². The average Bonchev–Trinajstić information content (AvgIpc) is 3.07. The predicted octanol–water partition coefficient (Wildman–Crippen LogP) is 3.40. The van der Waals surface area contributed by atoms with Crippen LogP contribution in [0.3, 0.4) is 0 Å². The molecule has 0 aliphatic carbocycles. The number of thiazole rings is 1. The third-order valence-corrected chi connectivity index (χ3v) is 5.07. The van der Waals surface area contributed by atoms with E-state index in [-0.39, 0.29) is 11.1 Å². The molecule has 0 atom stereocenters. The van der Waals surface area contributed by atoms with Gasteiger partial charge in [0.1, 0.15) is 5.75 Å². The number of hydrogen-bond donors (Lipinski definition) is 1. The molecule has 0 saturated carbocycles. The van der Waals surface area contributed by atoms with E-state index in [2.05, 4.69) is 10.3 Å². The van der Waals surface area contributed by atoms with E-state index in [1.807, 2.05) is 36.7 Å². The van der Waals surface area contributed by atoms with Crippen LogP contribution in [0, 0.1) is 6.92 Å². The minimum atomic E-state index is -0.347. The van der Waals surface area contributed by atoms with E-state index in [0.29, 0.717) is 11.5 Å². The number of aromatic nitrogens is 1. The second kappa shape index (κ2) is 6.97. The number of rotatable bonds is 5. The first-order valence-corrected chi connectivity index (χ1v) is 8.68. The van der Waals surface area contributed by atoms with Crippen LogP contribution in [-0.4, -0.2) is 22.7 Å². The molecule has 0 radical (unpaired) electrons. The first-order valence-electron chi connectivity index (χ1n) is 6.98. The maximum absolute atomic E-state index is 11.5. The van der Waals surface area contributed by atoms with Crippen LogP contribution < -0.4 is 10.1 Å². The van der Waals surface area contributed by atoms with Gasteiger partial charge >= 0.3 is 0 Å². The van der Waals surface area contributed by atoms with Gasteiger partial charge in [-0.2, -0.15) is 0 Å². The minimum Gasteiger partial charge on any atom is -0.493 e. The lowest BCUT2D eigenvalue weighted by molar-refractivity contribution is -0.115. The van der Waals surface area contributed by atoms with Crippen molar-refractivity contribution in [3.8, 4) is 5.75 Å². The summed E-state index contributed by atoms with van der Waals surface area (Å²) in [5, 5.41) is 1.90. The van der Waals surface area contributed by atoms with Crippen molar-refractivity contribution in [2.75, 3.05) is 6.61 Å². The molecule has 1 aromatic carbocycles. The van der Waals surface area contributed by atoms with Crippen molar-refractivity contribution in [1.82, 2.24) is 10.3 Å². The fraction of sp³-hybridized carbons (Fsp3) is 0.188. The van der Waals surface area contributed by atoms with Crippen LogP contribution in [0.5, 0.6) is 5.75 Å². The Morgan fingerprint density at radius 1 is 1.26 bits per heavy atom. The lowest BCUT2D eigenvalue weighted by Crippen LogP contribution is -2.17. The normalized spacial score (nSPS) is 16.0. The molecule has 0 unspecified atom stereocenters. The number of imide groups is 1. The molecule has 5 nitrogen and oxygen atoms in total. The fourth-order valence-corrected chi connectivity index (χ4v) is 3.51. The van der Waals surface area contributed by atoms with E-state index in [0.717, 1.165) is 35.2 Å². The fourth-order valence-electron chi connectivity index (χ4n) is 2.06. The number of thioether (sulfide) groups is 1. The first-order chi connectivity index (χ1) is 11.1. The maximum Gasteiger partial charge on any atom is 0.290 e. The van der Waals surface area contributed by atoms with Crippen LogP contribution in [0.2, 0.25) is 0 Å². The SMILES string of the molecule is Cc1ncsc1CCOc1ccc(C=C2SC(=O)NC2=O)cc1. The summed E-state index contributed by atoms with van der Waals surface area (Å²) in [5.41, 5.74) is 3.75. The second-order valence-corrected chi connectivity index (χ2v) is 6.83. The van der Waals surface area contributed by atoms with E-state index < -0.39 is 0 Å². The Hall–Kier alpha value is -2.12. The van der Waals surface area contributed by atoms with Gasteiger partial charge in [-0.15, -0.1) is 11.3 Å². The number of carbonyl (C=O) groups excluding carboxylic acids is 2. The van der Waals surface area contributed by atoms with Crippen LogP contribution in [0.15, 0.2) is 34.7 Å². The monoisotopic (exact) mass is 346 g/mol. The summed E-state index contributed by atoms with van der Waals surface area (Å²) in [5.74, 6) is 0.425.